The van der Waals surface area contributed by atoms with Crippen LogP contribution in [0.25, 0.3) is 0 Å². The number of phenolic OH excluding ortho intramolecular Hbond substituents is 1. The Balaban J connectivity index is 2.31. The fourth-order valence-corrected chi connectivity index (χ4v) is 1.36. The van der Waals surface area contributed by atoms with E-state index >= 15 is 0 Å². The quantitative estimate of drug-likeness (QED) is 0.703. The number of rotatable bonds is 1. The Morgan fingerprint density at radius 2 is 2.38 bits per heavy atom. The van der Waals surface area contributed by atoms with Crippen molar-refractivity contribution < 1.29 is 14.6 Å². The van der Waals surface area contributed by atoms with Crippen molar-refractivity contribution in [3.8, 4) is 17.2 Å². The van der Waals surface area contributed by atoms with Crippen molar-refractivity contribution >= 4 is 11.6 Å². The van der Waals surface area contributed by atoms with Crippen LogP contribution in [0.2, 0.25) is 0 Å². The van der Waals surface area contributed by atoms with Crippen molar-refractivity contribution in [2.45, 2.75) is 6.10 Å². The SMILES string of the molecule is Oc1cccc2c1OCC(CCl)O2. The third-order valence-electron chi connectivity index (χ3n) is 1.84. The monoisotopic (exact) mass is 200 g/mol. The maximum Gasteiger partial charge on any atom is 0.203 e. The summed E-state index contributed by atoms with van der Waals surface area (Å²) in [5.74, 6) is 1.45. The summed E-state index contributed by atoms with van der Waals surface area (Å²) in [6.45, 7) is 0.383. The van der Waals surface area contributed by atoms with Crippen molar-refractivity contribution in [3.63, 3.8) is 0 Å². The molecule has 0 radical (unpaired) electrons. The van der Waals surface area contributed by atoms with E-state index in [9.17, 15) is 5.11 Å². The number of fused-ring (bicyclic) bond motifs is 1. The van der Waals surface area contributed by atoms with Crippen LogP contribution >= 0.6 is 11.6 Å². The van der Waals surface area contributed by atoms with Gasteiger partial charge in [0.05, 0.1) is 5.88 Å². The molecule has 0 aromatic heterocycles. The molecule has 2 rings (SSSR count). The van der Waals surface area contributed by atoms with Crippen LogP contribution < -0.4 is 9.47 Å². The van der Waals surface area contributed by atoms with Crippen LogP contribution in [0, 0.1) is 0 Å². The minimum absolute atomic E-state index is 0.102. The van der Waals surface area contributed by atoms with Gasteiger partial charge in [-0.1, -0.05) is 6.07 Å². The number of phenols is 1. The number of alkyl halides is 1. The molecule has 1 aromatic rings. The topological polar surface area (TPSA) is 38.7 Å². The fourth-order valence-electron chi connectivity index (χ4n) is 1.21. The highest BCUT2D eigenvalue weighted by molar-refractivity contribution is 6.18. The van der Waals surface area contributed by atoms with Crippen LogP contribution in [-0.2, 0) is 0 Å². The molecule has 1 N–H and O–H groups in total. The van der Waals surface area contributed by atoms with E-state index < -0.39 is 0 Å². The molecule has 13 heavy (non-hydrogen) atoms. The van der Waals surface area contributed by atoms with Gasteiger partial charge in [0.15, 0.2) is 11.5 Å². The van der Waals surface area contributed by atoms with Gasteiger partial charge in [0.2, 0.25) is 5.75 Å². The van der Waals surface area contributed by atoms with E-state index in [4.69, 9.17) is 21.1 Å². The van der Waals surface area contributed by atoms with Crippen molar-refractivity contribution in [2.75, 3.05) is 12.5 Å². The summed E-state index contributed by atoms with van der Waals surface area (Å²) < 4.78 is 10.7. The van der Waals surface area contributed by atoms with Crippen molar-refractivity contribution in [1.82, 2.24) is 0 Å². The Morgan fingerprint density at radius 1 is 1.54 bits per heavy atom. The van der Waals surface area contributed by atoms with Gasteiger partial charge in [-0.2, -0.15) is 0 Å². The maximum absolute atomic E-state index is 9.38. The average Bonchev–Trinajstić information content (AvgIpc) is 2.18. The highest BCUT2D eigenvalue weighted by Gasteiger charge is 2.22. The predicted octanol–water partition coefficient (Wildman–Crippen LogP) is 1.77. The molecule has 0 aliphatic carbocycles. The molecule has 1 aliphatic rings. The third-order valence-corrected chi connectivity index (χ3v) is 2.18. The molecule has 0 saturated heterocycles. The van der Waals surface area contributed by atoms with Crippen LogP contribution in [0.1, 0.15) is 0 Å². The Morgan fingerprint density at radius 3 is 3.15 bits per heavy atom. The summed E-state index contributed by atoms with van der Waals surface area (Å²) in [7, 11) is 0. The third kappa shape index (κ3) is 1.52. The number of ether oxygens (including phenoxy) is 2. The van der Waals surface area contributed by atoms with Gasteiger partial charge in [-0.05, 0) is 12.1 Å². The highest BCUT2D eigenvalue weighted by atomic mass is 35.5. The van der Waals surface area contributed by atoms with Gasteiger partial charge in [0.25, 0.3) is 0 Å². The molecule has 1 unspecified atom stereocenters. The molecule has 1 heterocycles. The lowest BCUT2D eigenvalue weighted by Crippen LogP contribution is -2.30. The molecule has 3 nitrogen and oxygen atoms in total. The first kappa shape index (κ1) is 8.51. The number of halogens is 1. The number of benzene rings is 1. The molecule has 0 bridgehead atoms. The second kappa shape index (κ2) is 3.34. The summed E-state index contributed by atoms with van der Waals surface area (Å²) in [5.41, 5.74) is 0. The minimum atomic E-state index is -0.129. The summed E-state index contributed by atoms with van der Waals surface area (Å²) in [6, 6.07) is 5.01. The van der Waals surface area contributed by atoms with Gasteiger partial charge in [0, 0.05) is 0 Å². The normalized spacial score (nSPS) is 19.9. The number of hydrogen-bond donors (Lipinski definition) is 1. The first-order chi connectivity index (χ1) is 6.31. The van der Waals surface area contributed by atoms with Crippen molar-refractivity contribution in [2.24, 2.45) is 0 Å². The average molecular weight is 201 g/mol. The van der Waals surface area contributed by atoms with Gasteiger partial charge < -0.3 is 14.6 Å². The van der Waals surface area contributed by atoms with Gasteiger partial charge in [-0.25, -0.2) is 0 Å². The molecule has 0 spiro atoms. The molecule has 0 saturated carbocycles. The first-order valence-electron chi connectivity index (χ1n) is 3.98. The van der Waals surface area contributed by atoms with Crippen LogP contribution in [0.5, 0.6) is 17.2 Å². The molecule has 1 aromatic carbocycles. The molecule has 1 atom stereocenters. The van der Waals surface area contributed by atoms with Crippen LogP contribution in [-0.4, -0.2) is 23.7 Å². The zero-order chi connectivity index (χ0) is 9.26. The first-order valence-corrected chi connectivity index (χ1v) is 4.52. The Hall–Kier alpha value is -1.09. The lowest BCUT2D eigenvalue weighted by Gasteiger charge is -2.25. The Kier molecular flexibility index (Phi) is 2.19. The van der Waals surface area contributed by atoms with E-state index in [1.54, 1.807) is 18.2 Å². The van der Waals surface area contributed by atoms with Gasteiger partial charge in [-0.15, -0.1) is 11.6 Å². The van der Waals surface area contributed by atoms with E-state index in [-0.39, 0.29) is 11.9 Å². The Bertz CT molecular complexity index is 314. The number of aromatic hydroxyl groups is 1. The van der Waals surface area contributed by atoms with Crippen molar-refractivity contribution in [3.05, 3.63) is 18.2 Å². The standard InChI is InChI=1S/C9H9ClO3/c10-4-6-5-12-9-7(11)2-1-3-8(9)13-6/h1-3,6,11H,4-5H2. The van der Waals surface area contributed by atoms with Crippen LogP contribution in [0.3, 0.4) is 0 Å². The van der Waals surface area contributed by atoms with E-state index in [1.165, 1.54) is 0 Å². The minimum Gasteiger partial charge on any atom is -0.504 e. The highest BCUT2D eigenvalue weighted by Crippen LogP contribution is 2.39. The number of para-hydroxylation sites is 1. The van der Waals surface area contributed by atoms with Crippen LogP contribution in [0.15, 0.2) is 18.2 Å². The lowest BCUT2D eigenvalue weighted by molar-refractivity contribution is 0.103. The van der Waals surface area contributed by atoms with Gasteiger partial charge >= 0.3 is 0 Å². The summed E-state index contributed by atoms with van der Waals surface area (Å²) in [6.07, 6.45) is -0.129. The van der Waals surface area contributed by atoms with Crippen molar-refractivity contribution in [1.29, 1.82) is 0 Å². The molecular formula is C9H9ClO3. The lowest BCUT2D eigenvalue weighted by atomic mass is 10.2. The fraction of sp³-hybridized carbons (Fsp3) is 0.333. The van der Waals surface area contributed by atoms with E-state index in [0.717, 1.165) is 0 Å². The second-order valence-corrected chi connectivity index (χ2v) is 3.12. The van der Waals surface area contributed by atoms with E-state index in [0.29, 0.717) is 24.0 Å². The zero-order valence-corrected chi connectivity index (χ0v) is 7.62. The second-order valence-electron chi connectivity index (χ2n) is 2.81. The van der Waals surface area contributed by atoms with E-state index in [1.807, 2.05) is 0 Å². The summed E-state index contributed by atoms with van der Waals surface area (Å²) in [4.78, 5) is 0. The number of hydrogen-bond acceptors (Lipinski definition) is 3. The van der Waals surface area contributed by atoms with Gasteiger partial charge in [0.1, 0.15) is 12.7 Å². The molecule has 70 valence electrons. The van der Waals surface area contributed by atoms with Crippen LogP contribution in [0.4, 0.5) is 0 Å². The Labute approximate surface area is 80.8 Å². The predicted molar refractivity (Wildman–Crippen MR) is 48.7 cm³/mol. The molecule has 4 heteroatoms. The molecule has 0 amide bonds. The molecule has 0 fully saturated rings. The summed E-state index contributed by atoms with van der Waals surface area (Å²) in [5, 5.41) is 9.38. The maximum atomic E-state index is 9.38. The molecule has 1 aliphatic heterocycles. The summed E-state index contributed by atoms with van der Waals surface area (Å²) >= 11 is 5.62. The van der Waals surface area contributed by atoms with Gasteiger partial charge in [-0.3, -0.25) is 0 Å². The van der Waals surface area contributed by atoms with E-state index in [2.05, 4.69) is 0 Å². The smallest absolute Gasteiger partial charge is 0.203 e. The largest absolute Gasteiger partial charge is 0.504 e. The zero-order valence-electron chi connectivity index (χ0n) is 6.87. The molecular weight excluding hydrogens is 192 g/mol.